The zero-order valence-electron chi connectivity index (χ0n) is 19.1. The minimum Gasteiger partial charge on any atom is -0.0654 e. The molecule has 0 bridgehead atoms. The van der Waals surface area contributed by atoms with Crippen LogP contribution in [0.4, 0.5) is 0 Å². The second-order valence-electron chi connectivity index (χ2n) is 8.19. The molecule has 2 aromatic rings. The molecule has 30 heavy (non-hydrogen) atoms. The summed E-state index contributed by atoms with van der Waals surface area (Å²) in [5, 5.41) is 0. The molecule has 0 aliphatic heterocycles. The first-order valence-electron chi connectivity index (χ1n) is 12.0. The van der Waals surface area contributed by atoms with Gasteiger partial charge in [-0.15, -0.1) is 0 Å². The van der Waals surface area contributed by atoms with E-state index < -0.39 is 0 Å². The standard InChI is InChI=1S/C30H38/c1-3-5-7-9-10-12-21-28-24-25-29(30(26-28)23-15-8-6-4-2)22-17-16-20-27-18-13-11-14-19-27/h11,13-14,18-19,24-26H,3-10,12,15,21,23H2,1-2H3. The fourth-order valence-corrected chi connectivity index (χ4v) is 3.71. The van der Waals surface area contributed by atoms with Crippen molar-refractivity contribution in [2.24, 2.45) is 0 Å². The van der Waals surface area contributed by atoms with Crippen LogP contribution in [-0.2, 0) is 12.8 Å². The molecule has 0 saturated carbocycles. The molecule has 0 N–H and O–H groups in total. The minimum absolute atomic E-state index is 1.01. The van der Waals surface area contributed by atoms with Gasteiger partial charge in [0.2, 0.25) is 0 Å². The lowest BCUT2D eigenvalue weighted by atomic mass is 9.96. The van der Waals surface area contributed by atoms with Crippen LogP contribution in [0.2, 0.25) is 0 Å². The van der Waals surface area contributed by atoms with Gasteiger partial charge in [0, 0.05) is 11.1 Å². The Labute approximate surface area is 185 Å². The first kappa shape index (κ1) is 23.8. The molecule has 0 nitrogen and oxygen atoms in total. The number of hydrogen-bond acceptors (Lipinski definition) is 0. The fourth-order valence-electron chi connectivity index (χ4n) is 3.71. The van der Waals surface area contributed by atoms with Crippen molar-refractivity contribution < 1.29 is 0 Å². The maximum atomic E-state index is 3.32. The molecule has 0 radical (unpaired) electrons. The summed E-state index contributed by atoms with van der Waals surface area (Å²) in [5.41, 5.74) is 5.04. The van der Waals surface area contributed by atoms with E-state index in [4.69, 9.17) is 0 Å². The smallest absolute Gasteiger partial charge is 0.0287 e. The molecule has 0 atom stereocenters. The van der Waals surface area contributed by atoms with Gasteiger partial charge < -0.3 is 0 Å². The van der Waals surface area contributed by atoms with Crippen LogP contribution in [0.15, 0.2) is 48.5 Å². The van der Waals surface area contributed by atoms with Gasteiger partial charge in [-0.25, -0.2) is 0 Å². The van der Waals surface area contributed by atoms with Crippen molar-refractivity contribution in [3.63, 3.8) is 0 Å². The van der Waals surface area contributed by atoms with Crippen molar-refractivity contribution in [1.29, 1.82) is 0 Å². The highest BCUT2D eigenvalue weighted by Crippen LogP contribution is 2.18. The molecule has 2 aromatic carbocycles. The third-order valence-corrected chi connectivity index (χ3v) is 5.53. The van der Waals surface area contributed by atoms with Gasteiger partial charge in [0.25, 0.3) is 0 Å². The second kappa shape index (κ2) is 15.4. The molecule has 2 rings (SSSR count). The summed E-state index contributed by atoms with van der Waals surface area (Å²) in [5.74, 6) is 12.5. The first-order chi connectivity index (χ1) is 14.8. The first-order valence-corrected chi connectivity index (χ1v) is 12.0. The lowest BCUT2D eigenvalue weighted by molar-refractivity contribution is 0.607. The molecule has 0 aliphatic carbocycles. The summed E-state index contributed by atoms with van der Waals surface area (Å²) < 4.78 is 0. The summed E-state index contributed by atoms with van der Waals surface area (Å²) >= 11 is 0. The Balaban J connectivity index is 2.01. The van der Waals surface area contributed by atoms with E-state index in [2.05, 4.69) is 55.7 Å². The average Bonchev–Trinajstić information content (AvgIpc) is 2.78. The van der Waals surface area contributed by atoms with Gasteiger partial charge in [0.05, 0.1) is 0 Å². The number of aryl methyl sites for hydroxylation is 2. The quantitative estimate of drug-likeness (QED) is 0.250. The summed E-state index contributed by atoms with van der Waals surface area (Å²) in [4.78, 5) is 0. The van der Waals surface area contributed by atoms with E-state index in [1.54, 1.807) is 0 Å². The molecule has 0 spiro atoms. The van der Waals surface area contributed by atoms with Crippen LogP contribution in [0.5, 0.6) is 0 Å². The molecule has 0 heterocycles. The van der Waals surface area contributed by atoms with Gasteiger partial charge in [0.1, 0.15) is 0 Å². The SMILES string of the molecule is CCCCCCCCc1ccc(C#CC#Cc2ccccc2)c(CCCCCC)c1. The molecule has 0 aromatic heterocycles. The van der Waals surface area contributed by atoms with Crippen LogP contribution in [0.25, 0.3) is 0 Å². The fraction of sp³-hybridized carbons (Fsp3) is 0.467. The number of benzene rings is 2. The summed E-state index contributed by atoms with van der Waals surface area (Å²) in [6, 6.07) is 17.0. The lowest BCUT2D eigenvalue weighted by Crippen LogP contribution is -1.95. The molecule has 0 amide bonds. The zero-order chi connectivity index (χ0) is 21.3. The molecule has 0 heteroatoms. The third-order valence-electron chi connectivity index (χ3n) is 5.53. The van der Waals surface area contributed by atoms with Gasteiger partial charge in [0.15, 0.2) is 0 Å². The summed E-state index contributed by atoms with van der Waals surface area (Å²) in [7, 11) is 0. The monoisotopic (exact) mass is 398 g/mol. The Hall–Kier alpha value is -2.44. The van der Waals surface area contributed by atoms with Crippen molar-refractivity contribution in [2.45, 2.75) is 90.9 Å². The summed E-state index contributed by atoms with van der Waals surface area (Å²) in [6.45, 7) is 4.54. The highest BCUT2D eigenvalue weighted by molar-refractivity contribution is 5.48. The van der Waals surface area contributed by atoms with Crippen molar-refractivity contribution in [1.82, 2.24) is 0 Å². The van der Waals surface area contributed by atoms with Gasteiger partial charge in [-0.1, -0.05) is 107 Å². The van der Waals surface area contributed by atoms with Crippen LogP contribution < -0.4 is 0 Å². The number of rotatable bonds is 12. The van der Waals surface area contributed by atoms with Crippen LogP contribution in [-0.4, -0.2) is 0 Å². The van der Waals surface area contributed by atoms with E-state index >= 15 is 0 Å². The van der Waals surface area contributed by atoms with Crippen molar-refractivity contribution in [3.05, 3.63) is 70.8 Å². The maximum Gasteiger partial charge on any atom is 0.0287 e. The molecule has 0 fully saturated rings. The van der Waals surface area contributed by atoms with E-state index in [-0.39, 0.29) is 0 Å². The highest BCUT2D eigenvalue weighted by Gasteiger charge is 2.03. The van der Waals surface area contributed by atoms with Crippen LogP contribution in [0.3, 0.4) is 0 Å². The number of unbranched alkanes of at least 4 members (excludes halogenated alkanes) is 8. The summed E-state index contributed by atoms with van der Waals surface area (Å²) in [6.07, 6.45) is 15.6. The van der Waals surface area contributed by atoms with Crippen LogP contribution in [0, 0.1) is 23.7 Å². The molecule has 0 aliphatic rings. The topological polar surface area (TPSA) is 0 Å². The Kier molecular flexibility index (Phi) is 12.2. The Bertz CT molecular complexity index is 836. The van der Waals surface area contributed by atoms with Gasteiger partial charge in [-0.2, -0.15) is 0 Å². The Morgan fingerprint density at radius 2 is 1.23 bits per heavy atom. The zero-order valence-corrected chi connectivity index (χ0v) is 19.1. The Morgan fingerprint density at radius 3 is 2.00 bits per heavy atom. The normalized spacial score (nSPS) is 10.1. The molecule has 158 valence electrons. The van der Waals surface area contributed by atoms with E-state index in [0.717, 1.165) is 17.5 Å². The van der Waals surface area contributed by atoms with Gasteiger partial charge >= 0.3 is 0 Å². The molecular formula is C30H38. The van der Waals surface area contributed by atoms with E-state index in [0.29, 0.717) is 0 Å². The van der Waals surface area contributed by atoms with E-state index in [1.807, 2.05) is 30.3 Å². The van der Waals surface area contributed by atoms with Crippen LogP contribution in [0.1, 0.15) is 100 Å². The van der Waals surface area contributed by atoms with Crippen LogP contribution >= 0.6 is 0 Å². The largest absolute Gasteiger partial charge is 0.0654 e. The van der Waals surface area contributed by atoms with Gasteiger partial charge in [-0.05, 0) is 66.9 Å². The second-order valence-corrected chi connectivity index (χ2v) is 8.19. The van der Waals surface area contributed by atoms with Crippen molar-refractivity contribution in [3.8, 4) is 23.7 Å². The van der Waals surface area contributed by atoms with Gasteiger partial charge in [-0.3, -0.25) is 0 Å². The van der Waals surface area contributed by atoms with Crippen molar-refractivity contribution >= 4 is 0 Å². The molecule has 0 unspecified atom stereocenters. The average molecular weight is 399 g/mol. The molecular weight excluding hydrogens is 360 g/mol. The third kappa shape index (κ3) is 9.85. The predicted octanol–water partition coefficient (Wildman–Crippen LogP) is 8.12. The van der Waals surface area contributed by atoms with Crippen molar-refractivity contribution in [2.75, 3.05) is 0 Å². The Morgan fingerprint density at radius 1 is 0.600 bits per heavy atom. The lowest BCUT2D eigenvalue weighted by Gasteiger charge is -2.09. The number of hydrogen-bond donors (Lipinski definition) is 0. The minimum atomic E-state index is 1.01. The van der Waals surface area contributed by atoms with E-state index in [1.165, 1.54) is 81.8 Å². The predicted molar refractivity (Wildman–Crippen MR) is 132 cm³/mol. The van der Waals surface area contributed by atoms with E-state index in [9.17, 15) is 0 Å². The molecule has 0 saturated heterocycles. The maximum absolute atomic E-state index is 3.32. The highest BCUT2D eigenvalue weighted by atomic mass is 14.1.